The van der Waals surface area contributed by atoms with Gasteiger partial charge in [-0.25, -0.2) is 0 Å². The molecule has 0 saturated carbocycles. The molecule has 0 bridgehead atoms. The Balaban J connectivity index is 0.000000450. The minimum atomic E-state index is 0.0626. The molecule has 0 aromatic heterocycles. The zero-order chi connectivity index (χ0) is 33.2. The molecule has 2 aliphatic heterocycles. The highest BCUT2D eigenvalue weighted by Crippen LogP contribution is 2.20. The Labute approximate surface area is 276 Å². The van der Waals surface area contributed by atoms with Crippen molar-refractivity contribution in [2.75, 3.05) is 138 Å². The predicted molar refractivity (Wildman–Crippen MR) is 182 cm³/mol. The molecule has 0 aliphatic carbocycles. The number of hydrogen-bond acceptors (Lipinski definition) is 11. The third kappa shape index (κ3) is 23.5. The van der Waals surface area contributed by atoms with Gasteiger partial charge in [0.15, 0.2) is 0 Å². The van der Waals surface area contributed by atoms with Gasteiger partial charge in [-0.3, -0.25) is 14.7 Å². The third-order valence-electron chi connectivity index (χ3n) is 8.07. The Morgan fingerprint density at radius 2 is 0.978 bits per heavy atom. The second-order valence-electron chi connectivity index (χ2n) is 13.8. The number of aliphatic hydroxyl groups is 1. The largest absolute Gasteiger partial charge is 0.394 e. The number of piperidine rings is 1. The van der Waals surface area contributed by atoms with Crippen molar-refractivity contribution < 1.29 is 33.5 Å². The number of likely N-dealkylation sites (tertiary alicyclic amines) is 1. The van der Waals surface area contributed by atoms with Gasteiger partial charge < -0.3 is 38.8 Å². The summed E-state index contributed by atoms with van der Waals surface area (Å²) in [5.74, 6) is 0. The van der Waals surface area contributed by atoms with E-state index in [1.807, 2.05) is 0 Å². The standard InChI is InChI=1S/C18H38N2O3.C16H34N2O4/c1-5-11-21-13-15-23-16-14-22-12-8-19-17-6-9-20(10-7-17)18(2,3)4;1-16(2,3)18-6-4-17(5-7-18)8-10-20-12-14-22-15-13-21-11-9-19/h17,19H,5-16H2,1-4H3;19H,4-15H2,1-3H3. The highest BCUT2D eigenvalue weighted by Gasteiger charge is 2.27. The van der Waals surface area contributed by atoms with E-state index in [0.29, 0.717) is 71.0 Å². The first-order valence-electron chi connectivity index (χ1n) is 17.6. The first-order chi connectivity index (χ1) is 21.6. The molecule has 2 aliphatic rings. The fourth-order valence-corrected chi connectivity index (χ4v) is 5.22. The van der Waals surface area contributed by atoms with Crippen LogP contribution in [0.5, 0.6) is 0 Å². The SMILES string of the molecule is CC(C)(C)N1CCN(CCOCCOCCOCCO)CC1.CCCOCCOCCOCCNC1CCN(C(C)(C)C)CC1. The fraction of sp³-hybridized carbons (Fsp3) is 1.00. The molecule has 2 fully saturated rings. The zero-order valence-electron chi connectivity index (χ0n) is 30.3. The number of ether oxygens (including phenoxy) is 6. The van der Waals surface area contributed by atoms with Crippen LogP contribution in [0, 0.1) is 0 Å². The van der Waals surface area contributed by atoms with Crippen LogP contribution in [-0.2, 0) is 28.4 Å². The van der Waals surface area contributed by atoms with Gasteiger partial charge in [-0.1, -0.05) is 6.92 Å². The lowest BCUT2D eigenvalue weighted by molar-refractivity contribution is -0.000137. The molecule has 270 valence electrons. The van der Waals surface area contributed by atoms with Crippen LogP contribution in [0.3, 0.4) is 0 Å². The molecule has 2 heterocycles. The van der Waals surface area contributed by atoms with E-state index >= 15 is 0 Å². The molecular weight excluding hydrogens is 576 g/mol. The summed E-state index contributed by atoms with van der Waals surface area (Å²) in [6.07, 6.45) is 3.53. The topological polar surface area (TPSA) is 97.4 Å². The molecule has 0 aromatic rings. The quantitative estimate of drug-likeness (QED) is 0.160. The van der Waals surface area contributed by atoms with Crippen LogP contribution >= 0.6 is 0 Å². The average Bonchev–Trinajstić information content (AvgIpc) is 3.01. The summed E-state index contributed by atoms with van der Waals surface area (Å²) in [5, 5.41) is 12.1. The van der Waals surface area contributed by atoms with Crippen LogP contribution < -0.4 is 5.32 Å². The molecule has 0 aromatic carbocycles. The van der Waals surface area contributed by atoms with Gasteiger partial charge in [0.25, 0.3) is 0 Å². The van der Waals surface area contributed by atoms with Crippen molar-refractivity contribution in [1.29, 1.82) is 0 Å². The van der Waals surface area contributed by atoms with Crippen molar-refractivity contribution in [3.05, 3.63) is 0 Å². The smallest absolute Gasteiger partial charge is 0.0701 e. The van der Waals surface area contributed by atoms with Crippen molar-refractivity contribution in [3.8, 4) is 0 Å². The Kier molecular flexibility index (Phi) is 25.1. The van der Waals surface area contributed by atoms with E-state index < -0.39 is 0 Å². The van der Waals surface area contributed by atoms with Crippen LogP contribution in [0.1, 0.15) is 67.7 Å². The van der Waals surface area contributed by atoms with E-state index in [4.69, 9.17) is 33.5 Å². The highest BCUT2D eigenvalue weighted by atomic mass is 16.5. The van der Waals surface area contributed by atoms with Crippen LogP contribution in [0.4, 0.5) is 0 Å². The molecule has 0 radical (unpaired) electrons. The number of hydrogen-bond donors (Lipinski definition) is 2. The number of rotatable bonds is 23. The summed E-state index contributed by atoms with van der Waals surface area (Å²) in [4.78, 5) is 7.58. The molecule has 45 heavy (non-hydrogen) atoms. The average molecular weight is 649 g/mol. The lowest BCUT2D eigenvalue weighted by Crippen LogP contribution is -2.53. The van der Waals surface area contributed by atoms with Gasteiger partial charge in [0.05, 0.1) is 79.3 Å². The molecule has 2 N–H and O–H groups in total. The van der Waals surface area contributed by atoms with E-state index in [0.717, 1.165) is 65.5 Å². The van der Waals surface area contributed by atoms with Crippen LogP contribution in [0.25, 0.3) is 0 Å². The fourth-order valence-electron chi connectivity index (χ4n) is 5.22. The van der Waals surface area contributed by atoms with Gasteiger partial charge in [0.1, 0.15) is 0 Å². The molecule has 2 rings (SSSR count). The number of nitrogens with one attached hydrogen (secondary N) is 1. The summed E-state index contributed by atoms with van der Waals surface area (Å²) in [5.41, 5.74) is 0.580. The maximum absolute atomic E-state index is 8.54. The van der Waals surface area contributed by atoms with Gasteiger partial charge in [-0.05, 0) is 60.8 Å². The Hall–Kier alpha value is -0.440. The molecule has 0 amide bonds. The summed E-state index contributed by atoms with van der Waals surface area (Å²) in [6, 6.07) is 0.643. The molecule has 0 spiro atoms. The normalized spacial score (nSPS) is 17.9. The van der Waals surface area contributed by atoms with Crippen molar-refractivity contribution in [2.45, 2.75) is 84.8 Å². The lowest BCUT2D eigenvalue weighted by Gasteiger charge is -2.42. The van der Waals surface area contributed by atoms with Gasteiger partial charge in [0.2, 0.25) is 0 Å². The van der Waals surface area contributed by atoms with Crippen molar-refractivity contribution >= 4 is 0 Å². The van der Waals surface area contributed by atoms with Crippen molar-refractivity contribution in [3.63, 3.8) is 0 Å². The number of piperazine rings is 1. The minimum absolute atomic E-state index is 0.0626. The summed E-state index contributed by atoms with van der Waals surface area (Å²) < 4.78 is 32.4. The molecular formula is C34H72N4O7. The van der Waals surface area contributed by atoms with Gasteiger partial charge in [-0.15, -0.1) is 0 Å². The maximum Gasteiger partial charge on any atom is 0.0701 e. The minimum Gasteiger partial charge on any atom is -0.394 e. The monoisotopic (exact) mass is 649 g/mol. The molecule has 11 nitrogen and oxygen atoms in total. The lowest BCUT2D eigenvalue weighted by atomic mass is 9.98. The predicted octanol–water partition coefficient (Wildman–Crippen LogP) is 2.74. The number of nitrogens with zero attached hydrogens (tertiary/aromatic N) is 3. The van der Waals surface area contributed by atoms with Crippen LogP contribution in [0.2, 0.25) is 0 Å². The second kappa shape index (κ2) is 26.5. The summed E-state index contributed by atoms with van der Waals surface area (Å²) >= 11 is 0. The third-order valence-corrected chi connectivity index (χ3v) is 8.07. The summed E-state index contributed by atoms with van der Waals surface area (Å²) in [6.45, 7) is 32.4. The van der Waals surface area contributed by atoms with E-state index in [9.17, 15) is 0 Å². The summed E-state index contributed by atoms with van der Waals surface area (Å²) in [7, 11) is 0. The van der Waals surface area contributed by atoms with Gasteiger partial charge >= 0.3 is 0 Å². The van der Waals surface area contributed by atoms with E-state index in [-0.39, 0.29) is 12.1 Å². The van der Waals surface area contributed by atoms with E-state index in [1.54, 1.807) is 0 Å². The first kappa shape index (κ1) is 42.6. The Morgan fingerprint density at radius 1 is 0.556 bits per heavy atom. The Morgan fingerprint density at radius 3 is 1.44 bits per heavy atom. The van der Waals surface area contributed by atoms with Crippen molar-refractivity contribution in [1.82, 2.24) is 20.0 Å². The van der Waals surface area contributed by atoms with Gasteiger partial charge in [-0.2, -0.15) is 0 Å². The van der Waals surface area contributed by atoms with Crippen LogP contribution in [-0.4, -0.2) is 175 Å². The highest BCUT2D eigenvalue weighted by molar-refractivity contribution is 4.84. The second-order valence-corrected chi connectivity index (χ2v) is 13.8. The van der Waals surface area contributed by atoms with E-state index in [1.165, 1.54) is 25.9 Å². The molecule has 0 atom stereocenters. The van der Waals surface area contributed by atoms with E-state index in [2.05, 4.69) is 68.5 Å². The maximum atomic E-state index is 8.54. The first-order valence-corrected chi connectivity index (χ1v) is 17.6. The molecule has 11 heteroatoms. The Bertz CT molecular complexity index is 647. The van der Waals surface area contributed by atoms with Crippen molar-refractivity contribution in [2.24, 2.45) is 0 Å². The zero-order valence-corrected chi connectivity index (χ0v) is 30.3. The molecule has 0 unspecified atom stereocenters. The number of aliphatic hydroxyl groups excluding tert-OH is 1. The van der Waals surface area contributed by atoms with Crippen LogP contribution in [0.15, 0.2) is 0 Å². The molecule has 2 saturated heterocycles. The van der Waals surface area contributed by atoms with Gasteiger partial charge in [0, 0.05) is 76.1 Å².